The summed E-state index contributed by atoms with van der Waals surface area (Å²) in [6.45, 7) is 3.63. The summed E-state index contributed by atoms with van der Waals surface area (Å²) in [5, 5.41) is 13.1. The van der Waals surface area contributed by atoms with E-state index >= 15 is 0 Å². The molecule has 0 aliphatic carbocycles. The molecule has 4 heterocycles. The maximum absolute atomic E-state index is 14.9. The van der Waals surface area contributed by atoms with Crippen molar-refractivity contribution in [2.75, 3.05) is 26.2 Å². The fourth-order valence-corrected chi connectivity index (χ4v) is 8.18. The first-order valence-electron chi connectivity index (χ1n) is 18.4. The number of Topliss-reactive ketones (excluding diaryl/α,β-unsaturated/α-hetero) is 1. The summed E-state index contributed by atoms with van der Waals surface area (Å²) in [6, 6.07) is 8.44. The Morgan fingerprint density at radius 1 is 0.964 bits per heavy atom. The fraction of sp³-hybridized carbons (Fsp3) is 0.538. The first-order valence-corrected chi connectivity index (χ1v) is 19.3. The third-order valence-corrected chi connectivity index (χ3v) is 11.2. The second-order valence-corrected chi connectivity index (χ2v) is 15.0. The van der Waals surface area contributed by atoms with Gasteiger partial charge in [-0.15, -0.1) is 11.3 Å². The highest BCUT2D eigenvalue weighted by Gasteiger charge is 2.56. The van der Waals surface area contributed by atoms with Crippen molar-refractivity contribution >= 4 is 28.9 Å². The molecule has 5 rings (SSSR count). The van der Waals surface area contributed by atoms with Crippen LogP contribution in [0.1, 0.15) is 105 Å². The first-order chi connectivity index (χ1) is 26.0. The van der Waals surface area contributed by atoms with Crippen LogP contribution in [0.25, 0.3) is 0 Å². The molecule has 2 aliphatic rings. The minimum absolute atomic E-state index is 0.00250. The van der Waals surface area contributed by atoms with E-state index in [1.165, 1.54) is 4.90 Å². The highest BCUT2D eigenvalue weighted by molar-refractivity contribution is 7.10. The Kier molecular flexibility index (Phi) is 13.2. The summed E-state index contributed by atoms with van der Waals surface area (Å²) in [5.74, 6) is -1.37. The van der Waals surface area contributed by atoms with Crippen molar-refractivity contribution in [2.45, 2.75) is 108 Å². The van der Waals surface area contributed by atoms with Crippen molar-refractivity contribution < 1.29 is 55.3 Å². The smallest absolute Gasteiger partial charge is 0.425 e. The van der Waals surface area contributed by atoms with Crippen LogP contribution in [0.3, 0.4) is 0 Å². The number of alkyl halides is 6. The van der Waals surface area contributed by atoms with E-state index in [1.807, 2.05) is 0 Å². The van der Waals surface area contributed by atoms with Gasteiger partial charge in [0, 0.05) is 55.7 Å². The largest absolute Gasteiger partial charge is 0.493 e. The molecular weight excluding hydrogens is 752 g/mol. The third-order valence-electron chi connectivity index (χ3n) is 10.2. The number of carbonyl (C=O) groups is 3. The van der Waals surface area contributed by atoms with Gasteiger partial charge in [-0.05, 0) is 70.1 Å². The number of hydrogen-bond acceptors (Lipinski definition) is 8. The quantitative estimate of drug-likeness (QED) is 0.129. The lowest BCUT2D eigenvalue weighted by atomic mass is 9.78. The van der Waals surface area contributed by atoms with E-state index in [2.05, 4.69) is 4.98 Å². The molecular formula is C39H45F6N3O6S. The number of benzene rings is 1. The number of rotatable bonds is 14. The summed E-state index contributed by atoms with van der Waals surface area (Å²) < 4.78 is 95.6. The molecule has 0 unspecified atom stereocenters. The second-order valence-electron chi connectivity index (χ2n) is 14.1. The monoisotopic (exact) mass is 797 g/mol. The molecule has 2 aromatic heterocycles. The van der Waals surface area contributed by atoms with E-state index in [1.54, 1.807) is 38.1 Å². The van der Waals surface area contributed by atoms with E-state index in [0.29, 0.717) is 48.5 Å². The summed E-state index contributed by atoms with van der Waals surface area (Å²) in [4.78, 5) is 45.6. The van der Waals surface area contributed by atoms with Gasteiger partial charge >= 0.3 is 12.4 Å². The molecule has 3 aromatic rings. The number of pyridine rings is 1. The minimum Gasteiger partial charge on any atom is -0.493 e. The Balaban J connectivity index is 1.44. The van der Waals surface area contributed by atoms with Gasteiger partial charge in [-0.3, -0.25) is 14.6 Å². The van der Waals surface area contributed by atoms with Crippen molar-refractivity contribution in [1.82, 2.24) is 14.8 Å². The average Bonchev–Trinajstić information content (AvgIpc) is 3.62. The molecule has 300 valence electrons. The molecule has 16 heteroatoms. The van der Waals surface area contributed by atoms with E-state index < -0.39 is 57.5 Å². The number of likely N-dealkylation sites (tertiary alicyclic amines) is 2. The fourth-order valence-electron chi connectivity index (χ4n) is 7.50. The van der Waals surface area contributed by atoms with Crippen LogP contribution >= 0.6 is 11.3 Å². The average molecular weight is 798 g/mol. The summed E-state index contributed by atoms with van der Waals surface area (Å²) in [6.07, 6.45) is -5.17. The molecule has 0 spiro atoms. The lowest BCUT2D eigenvalue weighted by Gasteiger charge is -2.51. The van der Waals surface area contributed by atoms with Crippen LogP contribution in [0.4, 0.5) is 26.3 Å². The van der Waals surface area contributed by atoms with Crippen molar-refractivity contribution in [1.29, 1.82) is 0 Å². The van der Waals surface area contributed by atoms with E-state index in [0.717, 1.165) is 47.5 Å². The number of nitrogens with zero attached hydrogens (tertiary/aromatic N) is 3. The maximum Gasteiger partial charge on any atom is 0.425 e. The lowest BCUT2D eigenvalue weighted by molar-refractivity contribution is -0.163. The van der Waals surface area contributed by atoms with E-state index in [4.69, 9.17) is 9.47 Å². The topological polar surface area (TPSA) is 109 Å². The molecule has 1 N–H and O–H groups in total. The highest BCUT2D eigenvalue weighted by Crippen LogP contribution is 2.44. The van der Waals surface area contributed by atoms with Gasteiger partial charge in [0.2, 0.25) is 5.60 Å². The zero-order valence-electron chi connectivity index (χ0n) is 30.7. The zero-order chi connectivity index (χ0) is 40.0. The summed E-state index contributed by atoms with van der Waals surface area (Å²) >= 11 is 0.374. The Bertz CT molecular complexity index is 1810. The molecule has 0 bridgehead atoms. The molecule has 55 heavy (non-hydrogen) atoms. The summed E-state index contributed by atoms with van der Waals surface area (Å²) in [5.41, 5.74) is -4.95. The predicted molar refractivity (Wildman–Crippen MR) is 192 cm³/mol. The van der Waals surface area contributed by atoms with Crippen molar-refractivity contribution in [2.24, 2.45) is 0 Å². The second kappa shape index (κ2) is 17.3. The van der Waals surface area contributed by atoms with Gasteiger partial charge in [-0.25, -0.2) is 0 Å². The number of unbranched alkanes of at least 4 members (excludes halogenated alkanes) is 2. The van der Waals surface area contributed by atoms with Gasteiger partial charge < -0.3 is 29.2 Å². The lowest BCUT2D eigenvalue weighted by Crippen LogP contribution is -2.68. The van der Waals surface area contributed by atoms with Crippen LogP contribution in [0.15, 0.2) is 54.0 Å². The van der Waals surface area contributed by atoms with Gasteiger partial charge in [0.1, 0.15) is 27.9 Å². The van der Waals surface area contributed by atoms with Crippen molar-refractivity contribution in [3.8, 4) is 11.5 Å². The number of carbonyl (C=O) groups excluding carboxylic acids is 3. The van der Waals surface area contributed by atoms with E-state index in [9.17, 15) is 45.8 Å². The van der Waals surface area contributed by atoms with Gasteiger partial charge in [0.25, 0.3) is 11.8 Å². The predicted octanol–water partition coefficient (Wildman–Crippen LogP) is 8.44. The van der Waals surface area contributed by atoms with Crippen LogP contribution in [0, 0.1) is 0 Å². The van der Waals surface area contributed by atoms with Gasteiger partial charge in [-0.2, -0.15) is 26.3 Å². The Morgan fingerprint density at radius 3 is 2.35 bits per heavy atom. The molecule has 0 radical (unpaired) electrons. The van der Waals surface area contributed by atoms with Crippen LogP contribution in [-0.4, -0.2) is 75.4 Å². The van der Waals surface area contributed by atoms with Gasteiger partial charge in [0.15, 0.2) is 0 Å². The van der Waals surface area contributed by atoms with Crippen LogP contribution in [0.5, 0.6) is 11.5 Å². The SMILES string of the molecule is CCC[C@H]1N(C(=O)c2ncccc2C(F)(F)F)CCC[C@@]1(Oc1csc(C(F)(F)F)c1)C(=O)N1CCC(O)(c2ccccc2OCCCCCC(C)=O)CC1. The molecule has 2 atom stereocenters. The molecule has 9 nitrogen and oxygen atoms in total. The molecule has 2 aliphatic heterocycles. The van der Waals surface area contributed by atoms with Crippen molar-refractivity contribution in [3.05, 3.63) is 75.7 Å². The number of amides is 2. The minimum atomic E-state index is -4.91. The normalized spacial score (nSPS) is 20.3. The number of aromatic nitrogens is 1. The van der Waals surface area contributed by atoms with Crippen LogP contribution in [-0.2, 0) is 27.5 Å². The molecule has 2 fully saturated rings. The van der Waals surface area contributed by atoms with Crippen LogP contribution in [0.2, 0.25) is 0 Å². The molecule has 0 saturated carbocycles. The molecule has 2 saturated heterocycles. The zero-order valence-corrected chi connectivity index (χ0v) is 31.5. The number of thiophene rings is 1. The number of hydrogen-bond donors (Lipinski definition) is 1. The van der Waals surface area contributed by atoms with Crippen molar-refractivity contribution in [3.63, 3.8) is 0 Å². The molecule has 1 aromatic carbocycles. The Morgan fingerprint density at radius 2 is 1.69 bits per heavy atom. The van der Waals surface area contributed by atoms with Gasteiger partial charge in [0.05, 0.1) is 23.8 Å². The number of aliphatic hydroxyl groups is 1. The number of para-hydroxylation sites is 1. The number of ether oxygens (including phenoxy) is 2. The number of ketones is 1. The Labute approximate surface area is 319 Å². The summed E-state index contributed by atoms with van der Waals surface area (Å²) in [7, 11) is 0. The van der Waals surface area contributed by atoms with E-state index in [-0.39, 0.29) is 63.3 Å². The number of halogens is 6. The van der Waals surface area contributed by atoms with Gasteiger partial charge in [-0.1, -0.05) is 31.5 Å². The third kappa shape index (κ3) is 9.62. The highest BCUT2D eigenvalue weighted by atomic mass is 32.1. The number of piperidine rings is 2. The van der Waals surface area contributed by atoms with Crippen LogP contribution < -0.4 is 9.47 Å². The first kappa shape index (κ1) is 42.0. The standard InChI is InChI=1S/C39H45F6N3O6S/c1-3-11-31-37(54-27-24-32(55-25-27)39(43,44)45,16-10-20-48(31)34(50)33-29(38(40,41)42)14-9-19-46-33)35(51)47-21-17-36(52,18-22-47)28-13-6-7-15-30(28)53-23-8-4-5-12-26(2)49/h6-7,9,13-15,19,24-25,31,52H,3-5,8,10-12,16-18,20-23H2,1-2H3/t31-,37+/m1/s1. The molecule has 2 amide bonds. The maximum atomic E-state index is 14.9. The Hall–Kier alpha value is -4.18.